The van der Waals surface area contributed by atoms with E-state index in [2.05, 4.69) is 46.7 Å². The molecule has 5 nitrogen and oxygen atoms in total. The summed E-state index contributed by atoms with van der Waals surface area (Å²) >= 11 is 0. The standard InChI is InChI=1S/C17H17N3O2/c1-11-2-4-12(5-3-11)15-9-8-14(21-15)10-18-17-20-19-16(22-17)13-6-7-13/h2-5,8-9,13H,6-7,10H2,1H3,(H,18,20). The summed E-state index contributed by atoms with van der Waals surface area (Å²) in [6, 6.07) is 12.7. The van der Waals surface area contributed by atoms with Crippen molar-refractivity contribution in [3.8, 4) is 11.3 Å². The first kappa shape index (κ1) is 13.1. The number of rotatable bonds is 5. The molecular weight excluding hydrogens is 278 g/mol. The molecule has 0 aliphatic heterocycles. The van der Waals surface area contributed by atoms with Gasteiger partial charge < -0.3 is 14.2 Å². The van der Waals surface area contributed by atoms with Crippen molar-refractivity contribution in [2.24, 2.45) is 0 Å². The average Bonchev–Trinajstić information content (AvgIpc) is 3.09. The Morgan fingerprint density at radius 1 is 1.05 bits per heavy atom. The summed E-state index contributed by atoms with van der Waals surface area (Å²) in [6.45, 7) is 2.60. The number of nitrogens with zero attached hydrogens (tertiary/aromatic N) is 2. The second-order valence-corrected chi connectivity index (χ2v) is 5.71. The highest BCUT2D eigenvalue weighted by Crippen LogP contribution is 2.39. The third-order valence-corrected chi connectivity index (χ3v) is 3.78. The summed E-state index contributed by atoms with van der Waals surface area (Å²) in [5.41, 5.74) is 2.31. The number of hydrogen-bond donors (Lipinski definition) is 1. The molecule has 4 rings (SSSR count). The number of hydrogen-bond acceptors (Lipinski definition) is 5. The Kier molecular flexibility index (Phi) is 3.18. The Bertz CT molecular complexity index is 769. The van der Waals surface area contributed by atoms with Crippen LogP contribution in [-0.4, -0.2) is 10.2 Å². The molecule has 22 heavy (non-hydrogen) atoms. The van der Waals surface area contributed by atoms with Crippen molar-refractivity contribution >= 4 is 6.01 Å². The largest absolute Gasteiger partial charge is 0.459 e. The summed E-state index contributed by atoms with van der Waals surface area (Å²) in [6.07, 6.45) is 2.31. The van der Waals surface area contributed by atoms with Crippen LogP contribution < -0.4 is 5.32 Å². The first-order valence-corrected chi connectivity index (χ1v) is 7.51. The molecule has 0 saturated heterocycles. The highest BCUT2D eigenvalue weighted by Gasteiger charge is 2.29. The van der Waals surface area contributed by atoms with Crippen molar-refractivity contribution in [2.75, 3.05) is 5.32 Å². The van der Waals surface area contributed by atoms with Crippen molar-refractivity contribution in [1.29, 1.82) is 0 Å². The van der Waals surface area contributed by atoms with Crippen molar-refractivity contribution in [2.45, 2.75) is 32.2 Å². The van der Waals surface area contributed by atoms with E-state index in [1.54, 1.807) is 0 Å². The lowest BCUT2D eigenvalue weighted by molar-refractivity contribution is 0.496. The summed E-state index contributed by atoms with van der Waals surface area (Å²) in [4.78, 5) is 0. The van der Waals surface area contributed by atoms with E-state index in [0.29, 0.717) is 18.5 Å². The molecule has 3 aromatic rings. The third kappa shape index (κ3) is 2.74. The number of nitrogens with one attached hydrogen (secondary N) is 1. The Morgan fingerprint density at radius 3 is 2.64 bits per heavy atom. The summed E-state index contributed by atoms with van der Waals surface area (Å²) in [5.74, 6) is 2.91. The molecule has 1 saturated carbocycles. The van der Waals surface area contributed by atoms with E-state index in [4.69, 9.17) is 8.83 Å². The normalized spacial score (nSPS) is 14.2. The van der Waals surface area contributed by atoms with Crippen LogP contribution in [0.4, 0.5) is 6.01 Å². The minimum absolute atomic E-state index is 0.454. The van der Waals surface area contributed by atoms with Crippen LogP contribution >= 0.6 is 0 Å². The Hall–Kier alpha value is -2.56. The summed E-state index contributed by atoms with van der Waals surface area (Å²) in [7, 11) is 0. The topological polar surface area (TPSA) is 64.1 Å². The van der Waals surface area contributed by atoms with Gasteiger partial charge in [0.05, 0.1) is 6.54 Å². The predicted molar refractivity (Wildman–Crippen MR) is 82.5 cm³/mol. The van der Waals surface area contributed by atoms with E-state index in [1.807, 2.05) is 12.1 Å². The monoisotopic (exact) mass is 295 g/mol. The van der Waals surface area contributed by atoms with Crippen LogP contribution in [0.3, 0.4) is 0 Å². The van der Waals surface area contributed by atoms with Crippen molar-refractivity contribution < 1.29 is 8.83 Å². The molecule has 0 bridgehead atoms. The molecule has 1 aromatic carbocycles. The molecule has 5 heteroatoms. The molecular formula is C17H17N3O2. The van der Waals surface area contributed by atoms with Gasteiger partial charge in [0.25, 0.3) is 0 Å². The SMILES string of the molecule is Cc1ccc(-c2ccc(CNc3nnc(C4CC4)o3)o2)cc1. The van der Waals surface area contributed by atoms with Gasteiger partial charge in [-0.1, -0.05) is 34.9 Å². The van der Waals surface area contributed by atoms with E-state index in [1.165, 1.54) is 5.56 Å². The number of benzene rings is 1. The van der Waals surface area contributed by atoms with Gasteiger partial charge in [0, 0.05) is 11.5 Å². The van der Waals surface area contributed by atoms with Gasteiger partial charge in [0.15, 0.2) is 0 Å². The Balaban J connectivity index is 1.41. The fourth-order valence-corrected chi connectivity index (χ4v) is 2.31. The van der Waals surface area contributed by atoms with E-state index >= 15 is 0 Å². The number of furan rings is 1. The average molecular weight is 295 g/mol. The maximum atomic E-state index is 5.85. The lowest BCUT2D eigenvalue weighted by Gasteiger charge is -1.99. The molecule has 112 valence electrons. The maximum absolute atomic E-state index is 5.85. The highest BCUT2D eigenvalue weighted by molar-refractivity contribution is 5.57. The van der Waals surface area contributed by atoms with E-state index in [0.717, 1.165) is 35.8 Å². The van der Waals surface area contributed by atoms with Gasteiger partial charge in [0.2, 0.25) is 5.89 Å². The van der Waals surface area contributed by atoms with Crippen LogP contribution in [0.25, 0.3) is 11.3 Å². The summed E-state index contributed by atoms with van der Waals surface area (Å²) < 4.78 is 11.4. The second kappa shape index (κ2) is 5.33. The van der Waals surface area contributed by atoms with Crippen LogP contribution in [0.5, 0.6) is 0 Å². The fraction of sp³-hybridized carbons (Fsp3) is 0.294. The first-order valence-electron chi connectivity index (χ1n) is 7.51. The van der Waals surface area contributed by atoms with Crippen LogP contribution in [0.15, 0.2) is 45.2 Å². The maximum Gasteiger partial charge on any atom is 0.315 e. The van der Waals surface area contributed by atoms with Crippen LogP contribution in [0.1, 0.15) is 36.0 Å². The van der Waals surface area contributed by atoms with Gasteiger partial charge in [0.1, 0.15) is 11.5 Å². The summed E-state index contributed by atoms with van der Waals surface area (Å²) in [5, 5.41) is 11.1. The van der Waals surface area contributed by atoms with Crippen LogP contribution in [-0.2, 0) is 6.54 Å². The first-order chi connectivity index (χ1) is 10.8. The highest BCUT2D eigenvalue weighted by atomic mass is 16.4. The molecule has 2 aromatic heterocycles. The van der Waals surface area contributed by atoms with Gasteiger partial charge in [-0.3, -0.25) is 0 Å². The van der Waals surface area contributed by atoms with Gasteiger partial charge in [-0.25, -0.2) is 0 Å². The van der Waals surface area contributed by atoms with Crippen molar-refractivity contribution in [3.63, 3.8) is 0 Å². The van der Waals surface area contributed by atoms with E-state index < -0.39 is 0 Å². The van der Waals surface area contributed by atoms with Gasteiger partial charge >= 0.3 is 6.01 Å². The molecule has 0 atom stereocenters. The molecule has 0 amide bonds. The molecule has 0 unspecified atom stereocenters. The van der Waals surface area contributed by atoms with Crippen molar-refractivity contribution in [1.82, 2.24) is 10.2 Å². The van der Waals surface area contributed by atoms with E-state index in [-0.39, 0.29) is 0 Å². The molecule has 1 aliphatic carbocycles. The van der Waals surface area contributed by atoms with Crippen LogP contribution in [0.2, 0.25) is 0 Å². The van der Waals surface area contributed by atoms with Crippen LogP contribution in [0, 0.1) is 6.92 Å². The van der Waals surface area contributed by atoms with Gasteiger partial charge in [-0.15, -0.1) is 5.10 Å². The Labute approximate surface area is 128 Å². The van der Waals surface area contributed by atoms with E-state index in [9.17, 15) is 0 Å². The zero-order valence-corrected chi connectivity index (χ0v) is 12.4. The number of aromatic nitrogens is 2. The number of aryl methyl sites for hydroxylation is 1. The predicted octanol–water partition coefficient (Wildman–Crippen LogP) is 4.13. The molecule has 1 N–H and O–H groups in total. The minimum atomic E-state index is 0.454. The third-order valence-electron chi connectivity index (χ3n) is 3.78. The number of anilines is 1. The molecule has 1 aliphatic rings. The zero-order chi connectivity index (χ0) is 14.9. The smallest absolute Gasteiger partial charge is 0.315 e. The molecule has 2 heterocycles. The Morgan fingerprint density at radius 2 is 1.86 bits per heavy atom. The second-order valence-electron chi connectivity index (χ2n) is 5.71. The van der Waals surface area contributed by atoms with Gasteiger partial charge in [-0.05, 0) is 31.9 Å². The minimum Gasteiger partial charge on any atom is -0.459 e. The lowest BCUT2D eigenvalue weighted by atomic mass is 10.1. The lowest BCUT2D eigenvalue weighted by Crippen LogP contribution is -1.97. The quantitative estimate of drug-likeness (QED) is 0.766. The molecule has 1 fully saturated rings. The zero-order valence-electron chi connectivity index (χ0n) is 12.4. The van der Waals surface area contributed by atoms with Crippen molar-refractivity contribution in [3.05, 3.63) is 53.6 Å². The fourth-order valence-electron chi connectivity index (χ4n) is 2.31. The molecule has 0 radical (unpaired) electrons. The van der Waals surface area contributed by atoms with Gasteiger partial charge in [-0.2, -0.15) is 0 Å². The molecule has 0 spiro atoms.